The Morgan fingerprint density at radius 1 is 1.27 bits per heavy atom. The molecular weight excluding hydrogens is 364 g/mol. The normalized spacial score (nSPS) is 11.5. The molecule has 6 heteroatoms. The van der Waals surface area contributed by atoms with Gasteiger partial charge in [0.05, 0.1) is 23.9 Å². The molecule has 1 heterocycles. The molecule has 4 nitrogen and oxygen atoms in total. The van der Waals surface area contributed by atoms with E-state index >= 15 is 0 Å². The maximum Gasteiger partial charge on any atom is 0.249 e. The first kappa shape index (κ1) is 18.3. The van der Waals surface area contributed by atoms with Crippen LogP contribution >= 0.6 is 23.1 Å². The molecule has 0 atom stereocenters. The lowest BCUT2D eigenvalue weighted by Crippen LogP contribution is -2.16. The number of benzene rings is 2. The van der Waals surface area contributed by atoms with Crippen molar-refractivity contribution < 1.29 is 9.53 Å². The summed E-state index contributed by atoms with van der Waals surface area (Å²) in [5.41, 5.74) is 1.01. The summed E-state index contributed by atoms with van der Waals surface area (Å²) < 4.78 is 8.12. The molecule has 0 saturated heterocycles. The van der Waals surface area contributed by atoms with Gasteiger partial charge in [0.25, 0.3) is 0 Å². The summed E-state index contributed by atoms with van der Waals surface area (Å²) in [7, 11) is 1.64. The molecule has 0 saturated carbocycles. The van der Waals surface area contributed by atoms with Crippen LogP contribution in [0.15, 0.2) is 58.4 Å². The molecule has 3 rings (SSSR count). The Bertz CT molecular complexity index is 1010. The van der Waals surface area contributed by atoms with Gasteiger partial charge in [-0.1, -0.05) is 29.4 Å². The molecule has 0 unspecified atom stereocenters. The molecule has 0 fully saturated rings. The van der Waals surface area contributed by atoms with Crippen molar-refractivity contribution in [3.63, 3.8) is 0 Å². The standard InChI is InChI=1S/C20H18N2O2S2/c1-3-13-22-17-6-4-5-7-18(17)26-20(22)21-19(23)12-14-25-16-10-8-15(24-2)9-11-16/h1,4-11H,12-14H2,2H3. The predicted octanol–water partition coefficient (Wildman–Crippen LogP) is 3.95. The Labute approximate surface area is 160 Å². The van der Waals surface area contributed by atoms with E-state index in [-0.39, 0.29) is 5.91 Å². The molecule has 3 aromatic rings. The monoisotopic (exact) mass is 382 g/mol. The largest absolute Gasteiger partial charge is 0.497 e. The number of hydrogen-bond donors (Lipinski definition) is 0. The molecule has 0 N–H and O–H groups in total. The highest BCUT2D eigenvalue weighted by atomic mass is 32.2. The van der Waals surface area contributed by atoms with Crippen LogP contribution in [-0.4, -0.2) is 23.3 Å². The zero-order chi connectivity index (χ0) is 18.4. The van der Waals surface area contributed by atoms with Crippen molar-refractivity contribution in [1.29, 1.82) is 0 Å². The second-order valence-corrected chi connectivity index (χ2v) is 7.60. The van der Waals surface area contributed by atoms with Crippen molar-refractivity contribution in [1.82, 2.24) is 4.57 Å². The van der Waals surface area contributed by atoms with E-state index in [9.17, 15) is 4.79 Å². The van der Waals surface area contributed by atoms with Crippen molar-refractivity contribution in [2.24, 2.45) is 4.99 Å². The fourth-order valence-electron chi connectivity index (χ4n) is 2.44. The number of thioether (sulfide) groups is 1. The lowest BCUT2D eigenvalue weighted by atomic mass is 10.3. The van der Waals surface area contributed by atoms with E-state index in [1.165, 1.54) is 11.3 Å². The Hall–Kier alpha value is -2.49. The lowest BCUT2D eigenvalue weighted by molar-refractivity contribution is -0.117. The number of carbonyl (C=O) groups is 1. The van der Waals surface area contributed by atoms with Crippen LogP contribution in [0.2, 0.25) is 0 Å². The van der Waals surface area contributed by atoms with Gasteiger partial charge in [0.2, 0.25) is 5.91 Å². The van der Waals surface area contributed by atoms with Gasteiger partial charge in [-0.25, -0.2) is 0 Å². The maximum atomic E-state index is 12.3. The summed E-state index contributed by atoms with van der Waals surface area (Å²) in [6.07, 6.45) is 5.85. The van der Waals surface area contributed by atoms with Gasteiger partial charge in [0.1, 0.15) is 5.75 Å². The highest BCUT2D eigenvalue weighted by Gasteiger charge is 2.07. The van der Waals surface area contributed by atoms with Crippen LogP contribution in [0.4, 0.5) is 0 Å². The Morgan fingerprint density at radius 2 is 2.04 bits per heavy atom. The lowest BCUT2D eigenvalue weighted by Gasteiger charge is -2.02. The molecule has 132 valence electrons. The van der Waals surface area contributed by atoms with Crippen molar-refractivity contribution >= 4 is 39.2 Å². The van der Waals surface area contributed by atoms with E-state index in [1.807, 2.05) is 53.1 Å². The molecule has 0 aliphatic carbocycles. The molecule has 1 amide bonds. The molecule has 26 heavy (non-hydrogen) atoms. The van der Waals surface area contributed by atoms with Gasteiger partial charge in [-0.05, 0) is 36.4 Å². The van der Waals surface area contributed by atoms with Crippen LogP contribution in [-0.2, 0) is 11.3 Å². The van der Waals surface area contributed by atoms with Crippen molar-refractivity contribution in [2.45, 2.75) is 17.9 Å². The average Bonchev–Trinajstić information content (AvgIpc) is 3.00. The Kier molecular flexibility index (Phi) is 6.16. The Morgan fingerprint density at radius 3 is 2.77 bits per heavy atom. The summed E-state index contributed by atoms with van der Waals surface area (Å²) in [6, 6.07) is 15.7. The first-order chi connectivity index (χ1) is 12.7. The number of thiazole rings is 1. The van der Waals surface area contributed by atoms with Gasteiger partial charge in [-0.2, -0.15) is 4.99 Å². The van der Waals surface area contributed by atoms with Gasteiger partial charge in [0.15, 0.2) is 4.80 Å². The van der Waals surface area contributed by atoms with Gasteiger partial charge < -0.3 is 9.30 Å². The summed E-state index contributed by atoms with van der Waals surface area (Å²) in [5.74, 6) is 4.00. The SMILES string of the molecule is C#CCn1c(=NC(=O)CCSc2ccc(OC)cc2)sc2ccccc21. The van der Waals surface area contributed by atoms with Crippen LogP contribution in [0.3, 0.4) is 0 Å². The van der Waals surface area contributed by atoms with Crippen molar-refractivity contribution in [3.05, 3.63) is 53.3 Å². The van der Waals surface area contributed by atoms with E-state index < -0.39 is 0 Å². The molecule has 0 bridgehead atoms. The number of methoxy groups -OCH3 is 1. The fraction of sp³-hybridized carbons (Fsp3) is 0.200. The quantitative estimate of drug-likeness (QED) is 0.479. The second-order valence-electron chi connectivity index (χ2n) is 5.42. The molecule has 0 radical (unpaired) electrons. The van der Waals surface area contributed by atoms with Gasteiger partial charge in [0, 0.05) is 17.1 Å². The van der Waals surface area contributed by atoms with Gasteiger partial charge in [-0.15, -0.1) is 18.2 Å². The second kappa shape index (κ2) is 8.75. The van der Waals surface area contributed by atoms with Crippen LogP contribution < -0.4 is 9.54 Å². The van der Waals surface area contributed by atoms with Crippen LogP contribution in [0.1, 0.15) is 6.42 Å². The molecule has 2 aromatic carbocycles. The third kappa shape index (κ3) is 4.37. The topological polar surface area (TPSA) is 43.6 Å². The number of nitrogens with zero attached hydrogens (tertiary/aromatic N) is 2. The number of terminal acetylenes is 1. The summed E-state index contributed by atoms with van der Waals surface area (Å²) >= 11 is 3.11. The van der Waals surface area contributed by atoms with Gasteiger partial charge in [-0.3, -0.25) is 4.79 Å². The molecule has 0 aliphatic rings. The minimum Gasteiger partial charge on any atom is -0.497 e. The Balaban J connectivity index is 1.69. The highest BCUT2D eigenvalue weighted by Crippen LogP contribution is 2.22. The number of hydrogen-bond acceptors (Lipinski definition) is 4. The van der Waals surface area contributed by atoms with E-state index in [0.29, 0.717) is 23.5 Å². The van der Waals surface area contributed by atoms with Crippen molar-refractivity contribution in [3.8, 4) is 18.1 Å². The molecule has 0 aliphatic heterocycles. The average molecular weight is 383 g/mol. The van der Waals surface area contributed by atoms with Crippen LogP contribution in [0.5, 0.6) is 5.75 Å². The first-order valence-corrected chi connectivity index (χ1v) is 9.87. The number of amides is 1. The van der Waals surface area contributed by atoms with Crippen LogP contribution in [0, 0.1) is 12.3 Å². The van der Waals surface area contributed by atoms with Crippen LogP contribution in [0.25, 0.3) is 10.2 Å². The first-order valence-electron chi connectivity index (χ1n) is 8.07. The number of carbonyl (C=O) groups excluding carboxylic acids is 1. The number of rotatable bonds is 6. The third-order valence-corrected chi connectivity index (χ3v) is 5.78. The fourth-order valence-corrected chi connectivity index (χ4v) is 4.33. The maximum absolute atomic E-state index is 12.3. The van der Waals surface area contributed by atoms with E-state index in [4.69, 9.17) is 11.2 Å². The zero-order valence-corrected chi connectivity index (χ0v) is 16.0. The number of fused-ring (bicyclic) bond motifs is 1. The smallest absolute Gasteiger partial charge is 0.249 e. The number of para-hydroxylation sites is 1. The third-order valence-electron chi connectivity index (χ3n) is 3.70. The van der Waals surface area contributed by atoms with E-state index in [0.717, 1.165) is 20.9 Å². The number of aromatic nitrogens is 1. The highest BCUT2D eigenvalue weighted by molar-refractivity contribution is 7.99. The van der Waals surface area contributed by atoms with Gasteiger partial charge >= 0.3 is 0 Å². The zero-order valence-electron chi connectivity index (χ0n) is 14.3. The minimum atomic E-state index is -0.136. The summed E-state index contributed by atoms with van der Waals surface area (Å²) in [5, 5.41) is 0. The minimum absolute atomic E-state index is 0.136. The van der Waals surface area contributed by atoms with Crippen molar-refractivity contribution in [2.75, 3.05) is 12.9 Å². The van der Waals surface area contributed by atoms with E-state index in [2.05, 4.69) is 10.9 Å². The molecule has 0 spiro atoms. The molecule has 1 aromatic heterocycles. The predicted molar refractivity (Wildman–Crippen MR) is 108 cm³/mol. The van der Waals surface area contributed by atoms with E-state index in [1.54, 1.807) is 18.9 Å². The summed E-state index contributed by atoms with van der Waals surface area (Å²) in [4.78, 5) is 18.3. The number of ether oxygens (including phenoxy) is 1. The molecular formula is C20H18N2O2S2. The summed E-state index contributed by atoms with van der Waals surface area (Å²) in [6.45, 7) is 0.400.